The molecule has 1 unspecified atom stereocenters. The molecule has 15 heteroatoms. The molecule has 15 nitrogen and oxygen atoms in total. The zero-order valence-electron chi connectivity index (χ0n) is 32.6. The molecule has 8 atom stereocenters. The summed E-state index contributed by atoms with van der Waals surface area (Å²) < 4.78 is 18.3. The fourth-order valence-electron chi connectivity index (χ4n) is 7.83. The summed E-state index contributed by atoms with van der Waals surface area (Å²) in [5.41, 5.74) is 8.93. The number of hydrogen-bond donors (Lipinski definition) is 7. The Morgan fingerprint density at radius 2 is 1.14 bits per heavy atom. The van der Waals surface area contributed by atoms with Crippen LogP contribution in [0.25, 0.3) is 10.9 Å². The predicted octanol–water partition coefficient (Wildman–Crippen LogP) is 1.64. The number of unbranched alkanes of at least 4 members (excludes halogenated alkanes) is 1. The molecule has 7 rings (SSSR count). The molecule has 0 bridgehead atoms. The van der Waals surface area contributed by atoms with Crippen LogP contribution in [0.4, 0.5) is 0 Å². The van der Waals surface area contributed by atoms with Gasteiger partial charge in [0.25, 0.3) is 5.91 Å². The minimum Gasteiger partial charge on any atom is -0.361 e. The minimum absolute atomic E-state index is 0.0609. The molecule has 0 spiro atoms. The second-order valence-electron chi connectivity index (χ2n) is 15.5. The first-order chi connectivity index (χ1) is 28.0. The molecule has 58 heavy (non-hydrogen) atoms. The Morgan fingerprint density at radius 3 is 1.78 bits per heavy atom. The van der Waals surface area contributed by atoms with Gasteiger partial charge in [-0.1, -0.05) is 78.9 Å². The average molecular weight is 794 g/mol. The van der Waals surface area contributed by atoms with E-state index in [1.807, 2.05) is 84.9 Å². The lowest BCUT2D eigenvalue weighted by Crippen LogP contribution is -2.63. The Kier molecular flexibility index (Phi) is 12.5. The molecule has 3 saturated heterocycles. The van der Waals surface area contributed by atoms with Gasteiger partial charge in [-0.05, 0) is 62.4 Å². The van der Waals surface area contributed by atoms with Crippen LogP contribution in [-0.4, -0.2) is 95.6 Å². The van der Waals surface area contributed by atoms with Crippen LogP contribution in [0.3, 0.4) is 0 Å². The number of ether oxygens (including phenoxy) is 3. The first-order valence-corrected chi connectivity index (χ1v) is 19.8. The normalized spacial score (nSPS) is 27.8. The number of benzene rings is 3. The standard InChI is InChI=1S/C43H51N7O8/c1-43(2)57-36-34-35(56-42(36)58-43)41(55)49-31(21-25-13-5-3-6-14-25)38(52)48-33(23-27-24-45-29-18-10-9-17-28(27)29)39(53)46-30(19-11-12-20-44)37(51)47-32(40(54)50-34)22-26-15-7-4-8-16-26/h3-10,13-18,24,30-36,42,45H,11-12,19-23,44H2,1-2H3,(H,46,53)(H,47,51)(H,48,52)(H,49,55)(H,50,54)/t30-,31-,32-,33+,34+,35-,36?,42+/m0/s1. The van der Waals surface area contributed by atoms with Gasteiger partial charge in [-0.3, -0.25) is 24.0 Å². The van der Waals surface area contributed by atoms with Crippen molar-refractivity contribution in [3.05, 3.63) is 108 Å². The minimum atomic E-state index is -1.35. The summed E-state index contributed by atoms with van der Waals surface area (Å²) in [6, 6.07) is 20.3. The summed E-state index contributed by atoms with van der Waals surface area (Å²) in [5, 5.41) is 15.4. The van der Waals surface area contributed by atoms with E-state index in [1.54, 1.807) is 20.0 Å². The number of nitrogens with two attached hydrogens (primary N) is 1. The highest BCUT2D eigenvalue weighted by atomic mass is 16.8. The Bertz CT molecular complexity index is 2090. The smallest absolute Gasteiger partial charge is 0.252 e. The molecule has 4 aromatic rings. The maximum Gasteiger partial charge on any atom is 0.252 e. The van der Waals surface area contributed by atoms with Crippen molar-refractivity contribution in [2.45, 2.75) is 107 Å². The van der Waals surface area contributed by atoms with Gasteiger partial charge in [0.1, 0.15) is 30.3 Å². The van der Waals surface area contributed by atoms with Crippen molar-refractivity contribution >= 4 is 40.4 Å². The van der Waals surface area contributed by atoms with Crippen molar-refractivity contribution < 1.29 is 38.2 Å². The van der Waals surface area contributed by atoms with Crippen molar-refractivity contribution in [1.82, 2.24) is 31.6 Å². The highest BCUT2D eigenvalue weighted by molar-refractivity contribution is 5.97. The number of aromatic amines is 1. The Balaban J connectivity index is 1.28. The van der Waals surface area contributed by atoms with E-state index < -0.39 is 84.0 Å². The van der Waals surface area contributed by atoms with E-state index in [2.05, 4.69) is 31.6 Å². The molecule has 3 aliphatic rings. The van der Waals surface area contributed by atoms with Gasteiger partial charge in [0.15, 0.2) is 18.2 Å². The molecule has 4 heterocycles. The van der Waals surface area contributed by atoms with E-state index in [0.29, 0.717) is 19.4 Å². The number of nitrogens with one attached hydrogen (secondary N) is 6. The third-order valence-electron chi connectivity index (χ3n) is 10.8. The highest BCUT2D eigenvalue weighted by Crippen LogP contribution is 2.37. The van der Waals surface area contributed by atoms with Crippen molar-refractivity contribution in [1.29, 1.82) is 0 Å². The molecule has 306 valence electrons. The summed E-state index contributed by atoms with van der Waals surface area (Å²) in [6.45, 7) is 3.78. The monoisotopic (exact) mass is 793 g/mol. The van der Waals surface area contributed by atoms with Crippen LogP contribution in [0.2, 0.25) is 0 Å². The number of hydrogen-bond acceptors (Lipinski definition) is 9. The van der Waals surface area contributed by atoms with Gasteiger partial charge < -0.3 is 51.5 Å². The Morgan fingerprint density at radius 1 is 0.603 bits per heavy atom. The van der Waals surface area contributed by atoms with Crippen molar-refractivity contribution in [3.63, 3.8) is 0 Å². The third-order valence-corrected chi connectivity index (χ3v) is 10.8. The predicted molar refractivity (Wildman–Crippen MR) is 214 cm³/mol. The van der Waals surface area contributed by atoms with Crippen LogP contribution in [0.5, 0.6) is 0 Å². The number of H-pyrrole nitrogens is 1. The molecule has 3 fully saturated rings. The van der Waals surface area contributed by atoms with E-state index >= 15 is 0 Å². The lowest BCUT2D eigenvalue weighted by molar-refractivity contribution is -0.208. The van der Waals surface area contributed by atoms with Crippen molar-refractivity contribution in [2.75, 3.05) is 6.54 Å². The third kappa shape index (κ3) is 9.56. The molecule has 3 aliphatic heterocycles. The summed E-state index contributed by atoms with van der Waals surface area (Å²) in [4.78, 5) is 75.1. The van der Waals surface area contributed by atoms with Gasteiger partial charge in [0.05, 0.1) is 6.04 Å². The number of aromatic nitrogens is 1. The zero-order chi connectivity index (χ0) is 40.8. The van der Waals surface area contributed by atoms with Gasteiger partial charge in [-0.25, -0.2) is 0 Å². The zero-order valence-corrected chi connectivity index (χ0v) is 32.6. The fraction of sp³-hybridized carbons (Fsp3) is 0.419. The summed E-state index contributed by atoms with van der Waals surface area (Å²) in [7, 11) is 0. The van der Waals surface area contributed by atoms with Crippen molar-refractivity contribution in [2.24, 2.45) is 5.73 Å². The van der Waals surface area contributed by atoms with E-state index in [0.717, 1.165) is 27.6 Å². The Hall–Kier alpha value is -5.61. The maximum absolute atomic E-state index is 14.4. The van der Waals surface area contributed by atoms with Crippen LogP contribution in [0.15, 0.2) is 91.1 Å². The second kappa shape index (κ2) is 17.9. The van der Waals surface area contributed by atoms with E-state index in [9.17, 15) is 24.0 Å². The number of rotatable bonds is 10. The first kappa shape index (κ1) is 40.6. The molecule has 0 aliphatic carbocycles. The number of carbonyl (C=O) groups is 5. The van der Waals surface area contributed by atoms with Crippen LogP contribution in [-0.2, 0) is 57.4 Å². The van der Waals surface area contributed by atoms with Crippen molar-refractivity contribution in [3.8, 4) is 0 Å². The molecular formula is C43H51N7O8. The number of amides is 5. The van der Waals surface area contributed by atoms with Crippen LogP contribution in [0, 0.1) is 0 Å². The first-order valence-electron chi connectivity index (χ1n) is 19.8. The SMILES string of the molecule is CC1(C)OC2[C@H](O[C@@H]3C(=O)N[C@@H](Cc4ccccc4)C(=O)N[C@H](Cc4c[nH]c5ccccc45)C(=O)N[C@@H](CCCCN)C(=O)N[C@@H](Cc4ccccc4)C(=O)N[C@@H]23)O1. The lowest BCUT2D eigenvalue weighted by atomic mass is 9.99. The number of carbonyl (C=O) groups excluding carboxylic acids is 5. The van der Waals surface area contributed by atoms with Crippen LogP contribution < -0.4 is 32.3 Å². The van der Waals surface area contributed by atoms with Gasteiger partial charge in [0.2, 0.25) is 23.6 Å². The van der Waals surface area contributed by atoms with Crippen LogP contribution >= 0.6 is 0 Å². The molecule has 8 N–H and O–H groups in total. The quantitative estimate of drug-likeness (QED) is 0.116. The van der Waals surface area contributed by atoms with Gasteiger partial charge >= 0.3 is 0 Å². The largest absolute Gasteiger partial charge is 0.361 e. The molecule has 5 amide bonds. The maximum atomic E-state index is 14.4. The average Bonchev–Trinajstić information content (AvgIpc) is 3.86. The molecular weight excluding hydrogens is 743 g/mol. The molecule has 0 saturated carbocycles. The van der Waals surface area contributed by atoms with E-state index in [-0.39, 0.29) is 25.7 Å². The summed E-state index contributed by atoms with van der Waals surface area (Å²) in [6.07, 6.45) is 0.0639. The van der Waals surface area contributed by atoms with Gasteiger partial charge in [0, 0.05) is 36.4 Å². The summed E-state index contributed by atoms with van der Waals surface area (Å²) in [5.74, 6) is -4.23. The van der Waals surface area contributed by atoms with E-state index in [4.69, 9.17) is 19.9 Å². The lowest BCUT2D eigenvalue weighted by Gasteiger charge is -2.30. The second-order valence-corrected chi connectivity index (χ2v) is 15.5. The molecule has 3 aromatic carbocycles. The number of fused-ring (bicyclic) bond motifs is 4. The number of para-hydroxylation sites is 1. The van der Waals surface area contributed by atoms with Gasteiger partial charge in [-0.15, -0.1) is 0 Å². The molecule has 1 aromatic heterocycles. The molecule has 0 radical (unpaired) electrons. The summed E-state index contributed by atoms with van der Waals surface area (Å²) >= 11 is 0. The fourth-order valence-corrected chi connectivity index (χ4v) is 7.83. The highest BCUT2D eigenvalue weighted by Gasteiger charge is 2.58. The topological polar surface area (TPSA) is 215 Å². The van der Waals surface area contributed by atoms with Crippen LogP contribution in [0.1, 0.15) is 49.8 Å². The Labute approximate surface area is 336 Å². The van der Waals surface area contributed by atoms with E-state index in [1.165, 1.54) is 0 Å². The van der Waals surface area contributed by atoms with Gasteiger partial charge in [-0.2, -0.15) is 0 Å².